The van der Waals surface area contributed by atoms with Gasteiger partial charge < -0.3 is 20.4 Å². The number of urea groups is 1. The maximum Gasteiger partial charge on any atom is 0.322 e. The molecule has 3 amide bonds. The number of carbonyl (C=O) groups excluding carboxylic acids is 2. The lowest BCUT2D eigenvalue weighted by Crippen LogP contribution is -2.36. The van der Waals surface area contributed by atoms with E-state index in [1.54, 1.807) is 0 Å². The van der Waals surface area contributed by atoms with Crippen LogP contribution in [0.25, 0.3) is 0 Å². The Morgan fingerprint density at radius 2 is 1.72 bits per heavy atom. The zero-order valence-electron chi connectivity index (χ0n) is 16.9. The molecule has 0 aliphatic carbocycles. The molecule has 1 saturated heterocycles. The smallest absolute Gasteiger partial charge is 0.322 e. The van der Waals surface area contributed by atoms with Crippen molar-refractivity contribution in [3.8, 4) is 0 Å². The fourth-order valence-electron chi connectivity index (χ4n) is 4.07. The number of fused-ring (bicyclic) bond motifs is 1. The molecule has 6 heteroatoms. The number of nitrogens with zero attached hydrogens (tertiary/aromatic N) is 2. The van der Waals surface area contributed by atoms with E-state index in [-0.39, 0.29) is 18.0 Å². The minimum Gasteiger partial charge on any atom is -0.369 e. The van der Waals surface area contributed by atoms with Gasteiger partial charge in [-0.3, -0.25) is 4.79 Å². The summed E-state index contributed by atoms with van der Waals surface area (Å²) >= 11 is 0. The molecular weight excluding hydrogens is 364 g/mol. The molecule has 2 aromatic carbocycles. The highest BCUT2D eigenvalue weighted by Gasteiger charge is 2.25. The summed E-state index contributed by atoms with van der Waals surface area (Å²) in [5.74, 6) is 0.140. The monoisotopic (exact) mass is 392 g/mol. The van der Waals surface area contributed by atoms with Crippen LogP contribution >= 0.6 is 0 Å². The Morgan fingerprint density at radius 1 is 1.03 bits per heavy atom. The first-order chi connectivity index (χ1) is 14.1. The average Bonchev–Trinajstić information content (AvgIpc) is 3.35. The van der Waals surface area contributed by atoms with Crippen LogP contribution in [0.5, 0.6) is 0 Å². The molecule has 29 heavy (non-hydrogen) atoms. The number of anilines is 2. The van der Waals surface area contributed by atoms with Crippen LogP contribution in [0.4, 0.5) is 16.2 Å². The van der Waals surface area contributed by atoms with Crippen molar-refractivity contribution in [2.75, 3.05) is 23.3 Å². The summed E-state index contributed by atoms with van der Waals surface area (Å²) in [7, 11) is 0. The molecule has 1 atom stereocenters. The largest absolute Gasteiger partial charge is 0.369 e. The van der Waals surface area contributed by atoms with Gasteiger partial charge in [-0.05, 0) is 48.2 Å². The van der Waals surface area contributed by atoms with Crippen LogP contribution in [-0.4, -0.2) is 36.0 Å². The van der Waals surface area contributed by atoms with Gasteiger partial charge in [0.05, 0.1) is 0 Å². The zero-order chi connectivity index (χ0) is 20.2. The molecule has 152 valence electrons. The maximum absolute atomic E-state index is 12.6. The van der Waals surface area contributed by atoms with Gasteiger partial charge in [-0.1, -0.05) is 31.2 Å². The number of rotatable bonds is 5. The van der Waals surface area contributed by atoms with Crippen molar-refractivity contribution in [1.82, 2.24) is 10.2 Å². The summed E-state index contributed by atoms with van der Waals surface area (Å²) < 4.78 is 0. The minimum atomic E-state index is -0.0752. The van der Waals surface area contributed by atoms with Crippen molar-refractivity contribution in [2.45, 2.75) is 45.3 Å². The molecule has 4 rings (SSSR count). The van der Waals surface area contributed by atoms with Crippen molar-refractivity contribution in [2.24, 2.45) is 0 Å². The number of hydrogen-bond donors (Lipinski definition) is 2. The number of amides is 3. The van der Waals surface area contributed by atoms with Gasteiger partial charge in [0.25, 0.3) is 0 Å². The topological polar surface area (TPSA) is 64.7 Å². The van der Waals surface area contributed by atoms with E-state index in [0.717, 1.165) is 37.3 Å². The van der Waals surface area contributed by atoms with Crippen LogP contribution in [0.3, 0.4) is 0 Å². The number of nitrogens with one attached hydrogen (secondary N) is 2. The summed E-state index contributed by atoms with van der Waals surface area (Å²) in [6, 6.07) is 16.3. The van der Waals surface area contributed by atoms with E-state index >= 15 is 0 Å². The van der Waals surface area contributed by atoms with Gasteiger partial charge >= 0.3 is 6.03 Å². The summed E-state index contributed by atoms with van der Waals surface area (Å²) in [6.07, 6.45) is 2.43. The second-order valence-corrected chi connectivity index (χ2v) is 7.85. The Hall–Kier alpha value is -3.02. The fourth-order valence-corrected chi connectivity index (χ4v) is 4.07. The number of hydrogen-bond acceptors (Lipinski definition) is 3. The summed E-state index contributed by atoms with van der Waals surface area (Å²) in [6.45, 7) is 5.07. The van der Waals surface area contributed by atoms with Gasteiger partial charge in [-0.25, -0.2) is 4.79 Å². The molecule has 2 aromatic rings. The zero-order valence-corrected chi connectivity index (χ0v) is 16.9. The molecule has 0 saturated carbocycles. The lowest BCUT2D eigenvalue weighted by Gasteiger charge is -2.20. The number of carbonyl (C=O) groups is 2. The third-order valence-corrected chi connectivity index (χ3v) is 5.64. The van der Waals surface area contributed by atoms with Crippen LogP contribution in [0.2, 0.25) is 0 Å². The molecule has 0 spiro atoms. The summed E-state index contributed by atoms with van der Waals surface area (Å²) in [4.78, 5) is 28.5. The highest BCUT2D eigenvalue weighted by atomic mass is 16.2. The highest BCUT2D eigenvalue weighted by Crippen LogP contribution is 2.25. The first-order valence-corrected chi connectivity index (χ1v) is 10.4. The van der Waals surface area contributed by atoms with E-state index in [1.807, 2.05) is 48.2 Å². The second kappa shape index (κ2) is 8.55. The van der Waals surface area contributed by atoms with E-state index in [1.165, 1.54) is 11.1 Å². The van der Waals surface area contributed by atoms with Crippen molar-refractivity contribution in [1.29, 1.82) is 0 Å². The molecule has 2 heterocycles. The molecule has 2 aliphatic heterocycles. The predicted octanol–water partition coefficient (Wildman–Crippen LogP) is 3.73. The first-order valence-electron chi connectivity index (χ1n) is 10.4. The third kappa shape index (κ3) is 4.53. The molecule has 0 aromatic heterocycles. The van der Waals surface area contributed by atoms with E-state index < -0.39 is 0 Å². The van der Waals surface area contributed by atoms with Crippen molar-refractivity contribution >= 4 is 23.3 Å². The number of benzene rings is 2. The Balaban J connectivity index is 1.30. The predicted molar refractivity (Wildman–Crippen MR) is 115 cm³/mol. The lowest BCUT2D eigenvalue weighted by atomic mass is 10.1. The van der Waals surface area contributed by atoms with Gasteiger partial charge in [0.2, 0.25) is 5.91 Å². The molecule has 1 fully saturated rings. The molecular formula is C23H28N4O2. The normalized spacial score (nSPS) is 17.9. The quantitative estimate of drug-likeness (QED) is 0.815. The van der Waals surface area contributed by atoms with Gasteiger partial charge in [-0.2, -0.15) is 0 Å². The molecule has 0 bridgehead atoms. The van der Waals surface area contributed by atoms with Gasteiger partial charge in [0, 0.05) is 50.0 Å². The van der Waals surface area contributed by atoms with Gasteiger partial charge in [0.1, 0.15) is 0 Å². The summed E-state index contributed by atoms with van der Waals surface area (Å²) in [5, 5.41) is 6.11. The van der Waals surface area contributed by atoms with Crippen molar-refractivity contribution in [3.05, 3.63) is 59.7 Å². The molecule has 1 unspecified atom stereocenters. The Morgan fingerprint density at radius 3 is 2.38 bits per heavy atom. The Labute approximate surface area is 171 Å². The standard InChI is InChI=1S/C23H28N4O2/c1-2-5-22(28)24-20-12-13-26(16-20)21-10-8-19(9-11-21)25-23(29)27-14-17-6-3-4-7-18(17)15-27/h3-4,6-11,20H,2,5,12-16H2,1H3,(H,24,28)(H,25,29). The van der Waals surface area contributed by atoms with Crippen LogP contribution in [0, 0.1) is 0 Å². The molecule has 6 nitrogen and oxygen atoms in total. The van der Waals surface area contributed by atoms with Crippen LogP contribution in [-0.2, 0) is 17.9 Å². The van der Waals surface area contributed by atoms with Crippen molar-refractivity contribution in [3.63, 3.8) is 0 Å². The van der Waals surface area contributed by atoms with E-state index in [2.05, 4.69) is 27.7 Å². The molecule has 2 N–H and O–H groups in total. The van der Waals surface area contributed by atoms with E-state index in [0.29, 0.717) is 19.5 Å². The van der Waals surface area contributed by atoms with E-state index in [4.69, 9.17) is 0 Å². The minimum absolute atomic E-state index is 0.0752. The van der Waals surface area contributed by atoms with E-state index in [9.17, 15) is 9.59 Å². The molecule has 0 radical (unpaired) electrons. The van der Waals surface area contributed by atoms with Gasteiger partial charge in [-0.15, -0.1) is 0 Å². The first kappa shape index (κ1) is 19.3. The Kier molecular flexibility index (Phi) is 5.69. The maximum atomic E-state index is 12.6. The van der Waals surface area contributed by atoms with Crippen molar-refractivity contribution < 1.29 is 9.59 Å². The van der Waals surface area contributed by atoms with Crippen LogP contribution in [0.1, 0.15) is 37.3 Å². The summed E-state index contributed by atoms with van der Waals surface area (Å²) in [5.41, 5.74) is 4.34. The van der Waals surface area contributed by atoms with Crippen LogP contribution < -0.4 is 15.5 Å². The second-order valence-electron chi connectivity index (χ2n) is 7.85. The SMILES string of the molecule is CCCC(=O)NC1CCN(c2ccc(NC(=O)N3Cc4ccccc4C3)cc2)C1. The lowest BCUT2D eigenvalue weighted by molar-refractivity contribution is -0.121. The van der Waals surface area contributed by atoms with Crippen LogP contribution in [0.15, 0.2) is 48.5 Å². The third-order valence-electron chi connectivity index (χ3n) is 5.64. The average molecular weight is 393 g/mol. The Bertz CT molecular complexity index is 856. The highest BCUT2D eigenvalue weighted by molar-refractivity contribution is 5.90. The molecule has 2 aliphatic rings. The fraction of sp³-hybridized carbons (Fsp3) is 0.391. The van der Waals surface area contributed by atoms with Gasteiger partial charge in [0.15, 0.2) is 0 Å².